The van der Waals surface area contributed by atoms with Gasteiger partial charge in [0.05, 0.1) is 0 Å². The van der Waals surface area contributed by atoms with E-state index >= 15 is 0 Å². The molecular formula is C21H22N2O3. The number of piperazine rings is 1. The fourth-order valence-corrected chi connectivity index (χ4v) is 3.49. The number of fused-ring (bicyclic) bond motifs is 1. The second kappa shape index (κ2) is 6.94. The van der Waals surface area contributed by atoms with Crippen molar-refractivity contribution in [1.29, 1.82) is 0 Å². The van der Waals surface area contributed by atoms with Crippen LogP contribution in [0.25, 0.3) is 22.1 Å². The van der Waals surface area contributed by atoms with Gasteiger partial charge < -0.3 is 14.4 Å². The van der Waals surface area contributed by atoms with E-state index in [-0.39, 0.29) is 11.4 Å². The molecule has 1 fully saturated rings. The Balaban J connectivity index is 1.75. The maximum absolute atomic E-state index is 12.1. The molecule has 1 saturated heterocycles. The van der Waals surface area contributed by atoms with E-state index in [4.69, 9.17) is 4.42 Å². The van der Waals surface area contributed by atoms with Gasteiger partial charge in [-0.2, -0.15) is 0 Å². The van der Waals surface area contributed by atoms with Crippen molar-refractivity contribution in [2.45, 2.75) is 6.54 Å². The average molecular weight is 350 g/mol. The molecule has 0 atom stereocenters. The summed E-state index contributed by atoms with van der Waals surface area (Å²) in [5.41, 5.74) is 2.61. The van der Waals surface area contributed by atoms with Gasteiger partial charge >= 0.3 is 5.63 Å². The van der Waals surface area contributed by atoms with Gasteiger partial charge in [0.15, 0.2) is 0 Å². The lowest BCUT2D eigenvalue weighted by molar-refractivity contribution is 0.148. The van der Waals surface area contributed by atoms with Crippen molar-refractivity contribution in [2.75, 3.05) is 33.2 Å². The Bertz CT molecular complexity index is 974. The normalized spacial score (nSPS) is 16.2. The minimum absolute atomic E-state index is 0.192. The Morgan fingerprint density at radius 3 is 2.50 bits per heavy atom. The third kappa shape index (κ3) is 3.36. The van der Waals surface area contributed by atoms with E-state index < -0.39 is 0 Å². The molecule has 1 aromatic heterocycles. The van der Waals surface area contributed by atoms with Crippen molar-refractivity contribution >= 4 is 11.0 Å². The van der Waals surface area contributed by atoms with Crippen LogP contribution < -0.4 is 5.63 Å². The Morgan fingerprint density at radius 2 is 1.77 bits per heavy atom. The van der Waals surface area contributed by atoms with Crippen molar-refractivity contribution in [3.8, 4) is 16.9 Å². The summed E-state index contributed by atoms with van der Waals surface area (Å²) in [6, 6.07) is 14.6. The maximum atomic E-state index is 12.1. The summed E-state index contributed by atoms with van der Waals surface area (Å²) in [5.74, 6) is 0.192. The largest absolute Gasteiger partial charge is 0.507 e. The highest BCUT2D eigenvalue weighted by molar-refractivity contribution is 5.88. The fourth-order valence-electron chi connectivity index (χ4n) is 3.49. The predicted molar refractivity (Wildman–Crippen MR) is 102 cm³/mol. The first-order valence-electron chi connectivity index (χ1n) is 8.86. The van der Waals surface area contributed by atoms with Crippen molar-refractivity contribution in [3.05, 3.63) is 64.5 Å². The number of phenolic OH excluding ortho intramolecular Hbond substituents is 1. The topological polar surface area (TPSA) is 56.9 Å². The highest BCUT2D eigenvalue weighted by atomic mass is 16.4. The smallest absolute Gasteiger partial charge is 0.336 e. The molecule has 0 radical (unpaired) electrons. The third-order valence-electron chi connectivity index (χ3n) is 5.02. The lowest BCUT2D eigenvalue weighted by Crippen LogP contribution is -2.43. The van der Waals surface area contributed by atoms with Crippen LogP contribution in [0.2, 0.25) is 0 Å². The average Bonchev–Trinajstić information content (AvgIpc) is 2.64. The van der Waals surface area contributed by atoms with Crippen LogP contribution in [0.3, 0.4) is 0 Å². The molecule has 5 nitrogen and oxygen atoms in total. The molecule has 5 heteroatoms. The minimum atomic E-state index is -0.355. The van der Waals surface area contributed by atoms with Gasteiger partial charge in [-0.25, -0.2) is 4.79 Å². The summed E-state index contributed by atoms with van der Waals surface area (Å²) in [5, 5.41) is 11.3. The van der Waals surface area contributed by atoms with Gasteiger partial charge in [0.2, 0.25) is 0 Å². The standard InChI is InChI=1S/C21H22N2O3/c1-22-7-9-23(10-8-22)14-16-11-21(25)26-20-13-17(19(24)12-18(16)20)15-5-3-2-4-6-15/h2-6,11-13,24H,7-10,14H2,1H3. The van der Waals surface area contributed by atoms with Crippen molar-refractivity contribution in [2.24, 2.45) is 0 Å². The molecule has 0 unspecified atom stereocenters. The van der Waals surface area contributed by atoms with E-state index in [1.165, 1.54) is 0 Å². The van der Waals surface area contributed by atoms with Gasteiger partial charge in [0, 0.05) is 49.7 Å². The van der Waals surface area contributed by atoms with Crippen molar-refractivity contribution in [3.63, 3.8) is 0 Å². The van der Waals surface area contributed by atoms with Crippen molar-refractivity contribution in [1.82, 2.24) is 9.80 Å². The summed E-state index contributed by atoms with van der Waals surface area (Å²) >= 11 is 0. The van der Waals surface area contributed by atoms with Crippen LogP contribution in [-0.2, 0) is 6.54 Å². The van der Waals surface area contributed by atoms with Gasteiger partial charge in [0.25, 0.3) is 0 Å². The van der Waals surface area contributed by atoms with E-state index in [0.29, 0.717) is 17.7 Å². The van der Waals surface area contributed by atoms with Gasteiger partial charge in [-0.15, -0.1) is 0 Å². The molecule has 2 heterocycles. The summed E-state index contributed by atoms with van der Waals surface area (Å²) < 4.78 is 5.43. The number of benzene rings is 2. The number of hydrogen-bond donors (Lipinski definition) is 1. The van der Waals surface area contributed by atoms with E-state index in [2.05, 4.69) is 16.8 Å². The Hall–Kier alpha value is -2.63. The van der Waals surface area contributed by atoms with Crippen LogP contribution in [0.4, 0.5) is 0 Å². The molecule has 3 aromatic rings. The number of phenols is 1. The van der Waals surface area contributed by atoms with Crippen LogP contribution in [0.1, 0.15) is 5.56 Å². The van der Waals surface area contributed by atoms with Gasteiger partial charge in [-0.3, -0.25) is 4.90 Å². The molecule has 0 bridgehead atoms. The zero-order valence-corrected chi connectivity index (χ0v) is 14.8. The summed E-state index contributed by atoms with van der Waals surface area (Å²) in [6.07, 6.45) is 0. The maximum Gasteiger partial charge on any atom is 0.336 e. The number of hydrogen-bond acceptors (Lipinski definition) is 5. The molecule has 1 N–H and O–H groups in total. The molecule has 1 aliphatic heterocycles. The monoisotopic (exact) mass is 350 g/mol. The second-order valence-corrected chi connectivity index (χ2v) is 6.90. The molecule has 2 aromatic carbocycles. The molecule has 0 amide bonds. The highest BCUT2D eigenvalue weighted by Gasteiger charge is 2.17. The quantitative estimate of drug-likeness (QED) is 0.736. The predicted octanol–water partition coefficient (Wildman–Crippen LogP) is 2.91. The summed E-state index contributed by atoms with van der Waals surface area (Å²) in [4.78, 5) is 16.7. The summed E-state index contributed by atoms with van der Waals surface area (Å²) in [6.45, 7) is 4.64. The van der Waals surface area contributed by atoms with Crippen LogP contribution >= 0.6 is 0 Å². The van der Waals surface area contributed by atoms with Gasteiger partial charge in [-0.05, 0) is 30.3 Å². The third-order valence-corrected chi connectivity index (χ3v) is 5.02. The minimum Gasteiger partial charge on any atom is -0.507 e. The number of aromatic hydroxyl groups is 1. The van der Waals surface area contributed by atoms with E-state index in [9.17, 15) is 9.90 Å². The first kappa shape index (κ1) is 16.8. The molecular weight excluding hydrogens is 328 g/mol. The summed E-state index contributed by atoms with van der Waals surface area (Å²) in [7, 11) is 2.12. The van der Waals surface area contributed by atoms with E-state index in [0.717, 1.165) is 42.7 Å². The molecule has 0 saturated carbocycles. The van der Waals surface area contributed by atoms with Crippen LogP contribution in [0.5, 0.6) is 5.75 Å². The zero-order chi connectivity index (χ0) is 18.1. The highest BCUT2D eigenvalue weighted by Crippen LogP contribution is 2.34. The van der Waals surface area contributed by atoms with E-state index in [1.54, 1.807) is 18.2 Å². The van der Waals surface area contributed by atoms with Crippen LogP contribution in [-0.4, -0.2) is 48.1 Å². The number of nitrogens with zero attached hydrogens (tertiary/aromatic N) is 2. The fraction of sp³-hybridized carbons (Fsp3) is 0.286. The van der Waals surface area contributed by atoms with Gasteiger partial charge in [-0.1, -0.05) is 30.3 Å². The number of likely N-dealkylation sites (N-methyl/N-ethyl adjacent to an activating group) is 1. The number of rotatable bonds is 3. The zero-order valence-electron chi connectivity index (χ0n) is 14.8. The SMILES string of the molecule is CN1CCN(Cc2cc(=O)oc3cc(-c4ccccc4)c(O)cc23)CC1. The first-order valence-corrected chi connectivity index (χ1v) is 8.86. The molecule has 26 heavy (non-hydrogen) atoms. The molecule has 0 spiro atoms. The van der Waals surface area contributed by atoms with Crippen LogP contribution in [0.15, 0.2) is 57.7 Å². The van der Waals surface area contributed by atoms with Gasteiger partial charge in [0.1, 0.15) is 11.3 Å². The molecule has 1 aliphatic rings. The lowest BCUT2D eigenvalue weighted by Gasteiger charge is -2.32. The molecule has 0 aliphatic carbocycles. The van der Waals surface area contributed by atoms with E-state index in [1.807, 2.05) is 30.3 Å². The first-order chi connectivity index (χ1) is 12.6. The van der Waals surface area contributed by atoms with Crippen molar-refractivity contribution < 1.29 is 9.52 Å². The molecule has 134 valence electrons. The van der Waals surface area contributed by atoms with Crippen LogP contribution in [0, 0.1) is 0 Å². The lowest BCUT2D eigenvalue weighted by atomic mass is 10.0. The Labute approximate surface area is 152 Å². The Kier molecular flexibility index (Phi) is 4.49. The Morgan fingerprint density at radius 1 is 1.04 bits per heavy atom. The molecule has 4 rings (SSSR count). The second-order valence-electron chi connectivity index (χ2n) is 6.90.